The molecule has 6 nitrogen and oxygen atoms in total. The second-order valence-electron chi connectivity index (χ2n) is 7.27. The van der Waals surface area contributed by atoms with Crippen molar-refractivity contribution >= 4 is 39.3 Å². The number of benzene rings is 2. The third-order valence-corrected chi connectivity index (χ3v) is 6.49. The molecule has 0 unspecified atom stereocenters. The lowest BCUT2D eigenvalue weighted by atomic mass is 10.1. The van der Waals surface area contributed by atoms with E-state index in [0.29, 0.717) is 17.6 Å². The van der Waals surface area contributed by atoms with Crippen molar-refractivity contribution in [2.75, 3.05) is 11.1 Å². The van der Waals surface area contributed by atoms with Crippen molar-refractivity contribution in [3.8, 4) is 5.75 Å². The van der Waals surface area contributed by atoms with Crippen LogP contribution in [0.4, 0.5) is 5.69 Å². The molecule has 0 aliphatic rings. The van der Waals surface area contributed by atoms with Gasteiger partial charge in [0, 0.05) is 11.5 Å². The first-order valence-electron chi connectivity index (χ1n) is 9.52. The molecule has 0 radical (unpaired) electrons. The number of carbonyl (C=O) groups is 1. The highest BCUT2D eigenvalue weighted by molar-refractivity contribution is 9.10. The van der Waals surface area contributed by atoms with Crippen molar-refractivity contribution in [3.63, 3.8) is 0 Å². The number of aromatic nitrogens is 3. The number of aryl methyl sites for hydroxylation is 4. The Hall–Kier alpha value is -2.32. The maximum atomic E-state index is 12.4. The molecule has 0 saturated carbocycles. The minimum absolute atomic E-state index is 0.0971. The van der Waals surface area contributed by atoms with Gasteiger partial charge >= 0.3 is 0 Å². The van der Waals surface area contributed by atoms with E-state index in [-0.39, 0.29) is 11.7 Å². The average Bonchev–Trinajstić information content (AvgIpc) is 3.05. The highest BCUT2D eigenvalue weighted by atomic mass is 79.9. The predicted octanol–water partition coefficient (Wildman–Crippen LogP) is 5.12. The van der Waals surface area contributed by atoms with Crippen LogP contribution in [0.1, 0.15) is 28.1 Å². The van der Waals surface area contributed by atoms with Crippen molar-refractivity contribution in [3.05, 3.63) is 62.9 Å². The number of amides is 1. The van der Waals surface area contributed by atoms with Crippen LogP contribution >= 0.6 is 27.7 Å². The van der Waals surface area contributed by atoms with E-state index in [0.717, 1.165) is 32.6 Å². The molecule has 1 amide bonds. The van der Waals surface area contributed by atoms with Crippen LogP contribution < -0.4 is 10.1 Å². The number of halogens is 1. The Kier molecular flexibility index (Phi) is 7.20. The maximum Gasteiger partial charge on any atom is 0.234 e. The lowest BCUT2D eigenvalue weighted by Gasteiger charge is -2.11. The first-order chi connectivity index (χ1) is 14.2. The van der Waals surface area contributed by atoms with E-state index in [1.807, 2.05) is 63.6 Å². The molecule has 158 valence electrons. The standard InChI is InChI=1S/C22H25BrN4O2S/c1-13-6-7-14(2)19(8-13)29-11-20-25-26-22(27(20)5)30-12-21(28)24-18-10-16(4)15(3)9-17(18)23/h6-10H,11-12H2,1-5H3,(H,24,28). The van der Waals surface area contributed by atoms with E-state index >= 15 is 0 Å². The minimum atomic E-state index is -0.0971. The Morgan fingerprint density at radius 1 is 1.10 bits per heavy atom. The van der Waals surface area contributed by atoms with Crippen LogP contribution in [0.2, 0.25) is 0 Å². The van der Waals surface area contributed by atoms with Gasteiger partial charge in [0.15, 0.2) is 11.0 Å². The molecule has 0 spiro atoms. The lowest BCUT2D eigenvalue weighted by Crippen LogP contribution is -2.15. The first kappa shape index (κ1) is 22.4. The summed E-state index contributed by atoms with van der Waals surface area (Å²) in [5.41, 5.74) is 5.29. The Balaban J connectivity index is 1.58. The molecule has 3 rings (SSSR count). The van der Waals surface area contributed by atoms with E-state index in [9.17, 15) is 4.79 Å². The van der Waals surface area contributed by atoms with Crippen LogP contribution in [0.5, 0.6) is 5.75 Å². The molecule has 0 aliphatic carbocycles. The second kappa shape index (κ2) is 9.66. The van der Waals surface area contributed by atoms with Gasteiger partial charge < -0.3 is 14.6 Å². The number of nitrogens with zero attached hydrogens (tertiary/aromatic N) is 3. The Morgan fingerprint density at radius 3 is 2.60 bits per heavy atom. The predicted molar refractivity (Wildman–Crippen MR) is 124 cm³/mol. The average molecular weight is 489 g/mol. The second-order valence-corrected chi connectivity index (χ2v) is 9.07. The van der Waals surface area contributed by atoms with E-state index in [2.05, 4.69) is 37.5 Å². The number of carbonyl (C=O) groups excluding carboxylic acids is 1. The molecule has 1 heterocycles. The molecule has 0 aliphatic heterocycles. The molecule has 0 fully saturated rings. The molecule has 2 aromatic carbocycles. The van der Waals surface area contributed by atoms with Crippen LogP contribution in [-0.2, 0) is 18.4 Å². The van der Waals surface area contributed by atoms with Crippen LogP contribution in [0.15, 0.2) is 40.0 Å². The molecular formula is C22H25BrN4O2S. The smallest absolute Gasteiger partial charge is 0.234 e. The van der Waals surface area contributed by atoms with Gasteiger partial charge in [-0.15, -0.1) is 10.2 Å². The topological polar surface area (TPSA) is 69.0 Å². The van der Waals surface area contributed by atoms with Gasteiger partial charge in [0.1, 0.15) is 12.4 Å². The summed E-state index contributed by atoms with van der Waals surface area (Å²) < 4.78 is 8.64. The van der Waals surface area contributed by atoms with E-state index in [4.69, 9.17) is 4.74 Å². The van der Waals surface area contributed by atoms with E-state index in [1.54, 1.807) is 0 Å². The summed E-state index contributed by atoms with van der Waals surface area (Å²) in [4.78, 5) is 12.4. The fourth-order valence-electron chi connectivity index (χ4n) is 2.79. The molecule has 8 heteroatoms. The fraction of sp³-hybridized carbons (Fsp3) is 0.318. The number of hydrogen-bond donors (Lipinski definition) is 1. The highest BCUT2D eigenvalue weighted by Gasteiger charge is 2.14. The lowest BCUT2D eigenvalue weighted by molar-refractivity contribution is -0.113. The quantitative estimate of drug-likeness (QED) is 0.467. The van der Waals surface area contributed by atoms with E-state index in [1.165, 1.54) is 17.3 Å². The van der Waals surface area contributed by atoms with Crippen molar-refractivity contribution in [2.45, 2.75) is 39.5 Å². The molecule has 1 aromatic heterocycles. The number of nitrogens with one attached hydrogen (secondary N) is 1. The van der Waals surface area contributed by atoms with Crippen LogP contribution in [-0.4, -0.2) is 26.4 Å². The van der Waals surface area contributed by atoms with Crippen molar-refractivity contribution in [1.82, 2.24) is 14.8 Å². The van der Waals surface area contributed by atoms with Gasteiger partial charge in [0.05, 0.1) is 11.4 Å². The van der Waals surface area contributed by atoms with Crippen molar-refractivity contribution in [2.24, 2.45) is 7.05 Å². The number of hydrogen-bond acceptors (Lipinski definition) is 5. The van der Waals surface area contributed by atoms with Gasteiger partial charge in [-0.3, -0.25) is 4.79 Å². The van der Waals surface area contributed by atoms with Crippen molar-refractivity contribution < 1.29 is 9.53 Å². The number of anilines is 1. The van der Waals surface area contributed by atoms with Gasteiger partial charge in [-0.25, -0.2) is 0 Å². The Morgan fingerprint density at radius 2 is 1.83 bits per heavy atom. The normalized spacial score (nSPS) is 10.9. The number of thioether (sulfide) groups is 1. The van der Waals surface area contributed by atoms with Gasteiger partial charge in [-0.05, 0) is 84.1 Å². The summed E-state index contributed by atoms with van der Waals surface area (Å²) >= 11 is 4.85. The minimum Gasteiger partial charge on any atom is -0.485 e. The zero-order valence-electron chi connectivity index (χ0n) is 17.7. The van der Waals surface area contributed by atoms with E-state index < -0.39 is 0 Å². The highest BCUT2D eigenvalue weighted by Crippen LogP contribution is 2.27. The summed E-state index contributed by atoms with van der Waals surface area (Å²) in [5.74, 6) is 1.69. The zero-order valence-corrected chi connectivity index (χ0v) is 20.1. The van der Waals surface area contributed by atoms with Gasteiger partial charge in [0.2, 0.25) is 5.91 Å². The van der Waals surface area contributed by atoms with Gasteiger partial charge in [0.25, 0.3) is 0 Å². The SMILES string of the molecule is Cc1ccc(C)c(OCc2nnc(SCC(=O)Nc3cc(C)c(C)cc3Br)n2C)c1. The number of ether oxygens (including phenoxy) is 1. The largest absolute Gasteiger partial charge is 0.485 e. The van der Waals surface area contributed by atoms with Crippen LogP contribution in [0.3, 0.4) is 0 Å². The van der Waals surface area contributed by atoms with Crippen LogP contribution in [0, 0.1) is 27.7 Å². The summed E-state index contributed by atoms with van der Waals surface area (Å²) in [7, 11) is 1.88. The fourth-order valence-corrected chi connectivity index (χ4v) is 4.08. The molecule has 3 aromatic rings. The summed E-state index contributed by atoms with van der Waals surface area (Å²) in [6, 6.07) is 10.1. The maximum absolute atomic E-state index is 12.4. The summed E-state index contributed by atoms with van der Waals surface area (Å²) in [6.45, 7) is 8.42. The third-order valence-electron chi connectivity index (χ3n) is 4.82. The number of rotatable bonds is 7. The molecule has 1 N–H and O–H groups in total. The Bertz CT molecular complexity index is 1080. The van der Waals surface area contributed by atoms with Gasteiger partial charge in [-0.2, -0.15) is 0 Å². The Labute approximate surface area is 189 Å². The zero-order chi connectivity index (χ0) is 21.8. The van der Waals surface area contributed by atoms with Crippen LogP contribution in [0.25, 0.3) is 0 Å². The monoisotopic (exact) mass is 488 g/mol. The first-order valence-corrected chi connectivity index (χ1v) is 11.3. The van der Waals surface area contributed by atoms with Gasteiger partial charge in [-0.1, -0.05) is 23.9 Å². The molecule has 30 heavy (non-hydrogen) atoms. The molecular weight excluding hydrogens is 464 g/mol. The summed E-state index contributed by atoms with van der Waals surface area (Å²) in [6.07, 6.45) is 0. The molecule has 0 saturated heterocycles. The van der Waals surface area contributed by atoms with Crippen molar-refractivity contribution in [1.29, 1.82) is 0 Å². The summed E-state index contributed by atoms with van der Waals surface area (Å²) in [5, 5.41) is 12.0. The molecule has 0 bridgehead atoms. The molecule has 0 atom stereocenters. The third kappa shape index (κ3) is 5.43.